The van der Waals surface area contributed by atoms with Gasteiger partial charge in [-0.25, -0.2) is 4.98 Å². The van der Waals surface area contributed by atoms with Crippen LogP contribution < -0.4 is 0 Å². The minimum absolute atomic E-state index is 0.0107. The molecule has 29 heavy (non-hydrogen) atoms. The molecule has 7 heteroatoms. The molecule has 7 nitrogen and oxygen atoms in total. The molecule has 0 N–H and O–H groups in total. The first-order chi connectivity index (χ1) is 14.2. The smallest absolute Gasteiger partial charge is 0.254 e. The summed E-state index contributed by atoms with van der Waals surface area (Å²) in [5.74, 6) is 2.18. The maximum atomic E-state index is 13.4. The summed E-state index contributed by atoms with van der Waals surface area (Å²) in [5, 5.41) is 4.73. The Bertz CT molecular complexity index is 1160. The highest BCUT2D eigenvalue weighted by molar-refractivity contribution is 6.07. The van der Waals surface area contributed by atoms with Gasteiger partial charge in [0.2, 0.25) is 5.89 Å². The number of fused-ring (bicyclic) bond motifs is 1. The topological polar surface area (TPSA) is 85.3 Å². The average molecular weight is 388 g/mol. The summed E-state index contributed by atoms with van der Waals surface area (Å²) in [7, 11) is 0. The number of furan rings is 1. The molecule has 1 saturated heterocycles. The van der Waals surface area contributed by atoms with Crippen LogP contribution in [0, 0.1) is 6.92 Å². The molecule has 0 spiro atoms. The Labute approximate surface area is 167 Å². The van der Waals surface area contributed by atoms with Crippen molar-refractivity contribution in [1.29, 1.82) is 0 Å². The van der Waals surface area contributed by atoms with Crippen molar-refractivity contribution in [2.24, 2.45) is 0 Å². The van der Waals surface area contributed by atoms with Crippen molar-refractivity contribution in [3.63, 3.8) is 0 Å². The molecule has 1 aliphatic rings. The maximum Gasteiger partial charge on any atom is 0.254 e. The molecule has 0 bridgehead atoms. The standard InChI is InChI=1S/C22H20N4O3/c1-14-23-21(29-25-14)15-8-10-26(11-9-15)22(27)17-13-19(20-7-4-12-28-20)24-18-6-3-2-5-16(17)18/h2-7,12-13,15H,8-11H2,1H3. The molecule has 4 aromatic rings. The van der Waals surface area contributed by atoms with Crippen molar-refractivity contribution >= 4 is 16.8 Å². The van der Waals surface area contributed by atoms with Gasteiger partial charge in [0.15, 0.2) is 11.6 Å². The van der Waals surface area contributed by atoms with E-state index in [0.717, 1.165) is 23.7 Å². The monoisotopic (exact) mass is 388 g/mol. The summed E-state index contributed by atoms with van der Waals surface area (Å²) in [6.45, 7) is 3.12. The molecule has 0 unspecified atom stereocenters. The number of rotatable bonds is 3. The third-order valence-corrected chi connectivity index (χ3v) is 5.39. The lowest BCUT2D eigenvalue weighted by Crippen LogP contribution is -2.38. The van der Waals surface area contributed by atoms with Crippen molar-refractivity contribution in [2.45, 2.75) is 25.7 Å². The van der Waals surface area contributed by atoms with E-state index in [9.17, 15) is 4.79 Å². The van der Waals surface area contributed by atoms with Crippen LogP contribution in [0.5, 0.6) is 0 Å². The van der Waals surface area contributed by atoms with Gasteiger partial charge in [-0.05, 0) is 44.0 Å². The van der Waals surface area contributed by atoms with E-state index in [1.54, 1.807) is 6.26 Å². The van der Waals surface area contributed by atoms with Gasteiger partial charge in [-0.15, -0.1) is 0 Å². The van der Waals surface area contributed by atoms with Gasteiger partial charge in [0.05, 0.1) is 17.3 Å². The number of likely N-dealkylation sites (tertiary alicyclic amines) is 1. The molecule has 1 aliphatic heterocycles. The fourth-order valence-corrected chi connectivity index (χ4v) is 3.88. The minimum atomic E-state index is 0.0107. The van der Waals surface area contributed by atoms with Crippen molar-refractivity contribution in [3.05, 3.63) is 66.0 Å². The molecule has 1 amide bonds. The Kier molecular flexibility index (Phi) is 4.35. The fraction of sp³-hybridized carbons (Fsp3) is 0.273. The zero-order valence-electron chi connectivity index (χ0n) is 16.0. The second-order valence-electron chi connectivity index (χ2n) is 7.30. The maximum absolute atomic E-state index is 13.4. The second kappa shape index (κ2) is 7.16. The van der Waals surface area contributed by atoms with E-state index < -0.39 is 0 Å². The van der Waals surface area contributed by atoms with Crippen molar-refractivity contribution < 1.29 is 13.7 Å². The Balaban J connectivity index is 1.44. The van der Waals surface area contributed by atoms with Crippen LogP contribution in [0.2, 0.25) is 0 Å². The predicted molar refractivity (Wildman–Crippen MR) is 106 cm³/mol. The van der Waals surface area contributed by atoms with E-state index in [4.69, 9.17) is 8.94 Å². The summed E-state index contributed by atoms with van der Waals surface area (Å²) >= 11 is 0. The van der Waals surface area contributed by atoms with E-state index in [-0.39, 0.29) is 11.8 Å². The molecular weight excluding hydrogens is 368 g/mol. The highest BCUT2D eigenvalue weighted by Gasteiger charge is 2.28. The fourth-order valence-electron chi connectivity index (χ4n) is 3.88. The Morgan fingerprint density at radius 2 is 1.93 bits per heavy atom. The van der Waals surface area contributed by atoms with E-state index in [1.165, 1.54) is 0 Å². The van der Waals surface area contributed by atoms with E-state index in [2.05, 4.69) is 15.1 Å². The number of aryl methyl sites for hydroxylation is 1. The van der Waals surface area contributed by atoms with Crippen molar-refractivity contribution in [1.82, 2.24) is 20.0 Å². The molecule has 0 radical (unpaired) electrons. The molecule has 146 valence electrons. The van der Waals surface area contributed by atoms with E-state index in [0.29, 0.717) is 41.8 Å². The van der Waals surface area contributed by atoms with Crippen LogP contribution in [0.25, 0.3) is 22.4 Å². The van der Waals surface area contributed by atoms with Crippen LogP contribution >= 0.6 is 0 Å². The molecular formula is C22H20N4O3. The molecule has 1 aromatic carbocycles. The summed E-state index contributed by atoms with van der Waals surface area (Å²) in [6, 6.07) is 13.2. The van der Waals surface area contributed by atoms with Gasteiger partial charge in [0.1, 0.15) is 5.69 Å². The minimum Gasteiger partial charge on any atom is -0.463 e. The zero-order chi connectivity index (χ0) is 19.8. The number of hydrogen-bond acceptors (Lipinski definition) is 6. The molecule has 1 fully saturated rings. The van der Waals surface area contributed by atoms with Crippen molar-refractivity contribution in [3.8, 4) is 11.5 Å². The summed E-state index contributed by atoms with van der Waals surface area (Å²) in [6.07, 6.45) is 3.22. The van der Waals surface area contributed by atoms with Crippen molar-refractivity contribution in [2.75, 3.05) is 13.1 Å². The summed E-state index contributed by atoms with van der Waals surface area (Å²) < 4.78 is 10.8. The van der Waals surface area contributed by atoms with E-state index >= 15 is 0 Å². The first-order valence-electron chi connectivity index (χ1n) is 9.72. The van der Waals surface area contributed by atoms with Gasteiger partial charge < -0.3 is 13.8 Å². The normalized spacial score (nSPS) is 15.1. The van der Waals surface area contributed by atoms with Gasteiger partial charge in [-0.1, -0.05) is 23.4 Å². The first-order valence-corrected chi connectivity index (χ1v) is 9.72. The van der Waals surface area contributed by atoms with Gasteiger partial charge in [0.25, 0.3) is 5.91 Å². The van der Waals surface area contributed by atoms with Gasteiger partial charge in [0, 0.05) is 24.4 Å². The number of carbonyl (C=O) groups is 1. The zero-order valence-corrected chi connectivity index (χ0v) is 16.0. The van der Waals surface area contributed by atoms with Crippen LogP contribution in [-0.2, 0) is 0 Å². The number of hydrogen-bond donors (Lipinski definition) is 0. The SMILES string of the molecule is Cc1noc(C2CCN(C(=O)c3cc(-c4ccco4)nc4ccccc34)CC2)n1. The molecule has 0 atom stereocenters. The summed E-state index contributed by atoms with van der Waals surface area (Å²) in [4.78, 5) is 24.3. The van der Waals surface area contributed by atoms with Crippen LogP contribution in [-0.4, -0.2) is 39.0 Å². The van der Waals surface area contributed by atoms with Gasteiger partial charge in [-0.3, -0.25) is 4.79 Å². The predicted octanol–water partition coefficient (Wildman–Crippen LogP) is 4.21. The van der Waals surface area contributed by atoms with Gasteiger partial charge >= 0.3 is 0 Å². The third kappa shape index (κ3) is 3.29. The third-order valence-electron chi connectivity index (χ3n) is 5.39. The Morgan fingerprint density at radius 3 is 2.66 bits per heavy atom. The Hall–Kier alpha value is -3.48. The van der Waals surface area contributed by atoms with Crippen LogP contribution in [0.1, 0.15) is 40.8 Å². The number of carbonyl (C=O) groups excluding carboxylic acids is 1. The van der Waals surface area contributed by atoms with Gasteiger partial charge in [-0.2, -0.15) is 4.98 Å². The number of nitrogens with zero attached hydrogens (tertiary/aromatic N) is 4. The lowest BCUT2D eigenvalue weighted by Gasteiger charge is -2.30. The number of pyridine rings is 1. The molecule has 4 heterocycles. The number of aromatic nitrogens is 3. The molecule has 0 aliphatic carbocycles. The van der Waals surface area contributed by atoms with Crippen LogP contribution in [0.3, 0.4) is 0 Å². The Morgan fingerprint density at radius 1 is 1.10 bits per heavy atom. The largest absolute Gasteiger partial charge is 0.463 e. The summed E-state index contributed by atoms with van der Waals surface area (Å²) in [5.41, 5.74) is 2.09. The number of benzene rings is 1. The number of amides is 1. The van der Waals surface area contributed by atoms with E-state index in [1.807, 2.05) is 54.3 Å². The van der Waals surface area contributed by atoms with Crippen LogP contribution in [0.4, 0.5) is 0 Å². The number of para-hydroxylation sites is 1. The lowest BCUT2D eigenvalue weighted by molar-refractivity contribution is 0.0706. The molecule has 3 aromatic heterocycles. The number of piperidine rings is 1. The quantitative estimate of drug-likeness (QED) is 0.523. The highest BCUT2D eigenvalue weighted by atomic mass is 16.5. The molecule has 0 saturated carbocycles. The highest BCUT2D eigenvalue weighted by Crippen LogP contribution is 2.30. The lowest BCUT2D eigenvalue weighted by atomic mass is 9.95. The second-order valence-corrected chi connectivity index (χ2v) is 7.30. The average Bonchev–Trinajstić information content (AvgIpc) is 3.45. The van der Waals surface area contributed by atoms with Crippen LogP contribution in [0.15, 0.2) is 57.7 Å². The molecule has 5 rings (SSSR count). The first kappa shape index (κ1) is 17.6.